The Morgan fingerprint density at radius 1 is 1.09 bits per heavy atom. The first kappa shape index (κ1) is 20.2. The number of aliphatic hydroxyl groups excluding tert-OH is 3. The van der Waals surface area contributed by atoms with Gasteiger partial charge < -0.3 is 24.6 Å². The Hall–Kier alpha value is -3.71. The van der Waals surface area contributed by atoms with E-state index in [1.54, 1.807) is 18.7 Å². The molecular formula is C20H20N8O4. The van der Waals surface area contributed by atoms with Gasteiger partial charge in [0.2, 0.25) is 0 Å². The fourth-order valence-electron chi connectivity index (χ4n) is 3.54. The van der Waals surface area contributed by atoms with Gasteiger partial charge in [-0.1, -0.05) is 12.1 Å². The Morgan fingerprint density at radius 3 is 2.66 bits per heavy atom. The maximum atomic E-state index is 10.3. The predicted octanol–water partition coefficient (Wildman–Crippen LogP) is 0.0695. The van der Waals surface area contributed by atoms with Gasteiger partial charge in [-0.2, -0.15) is 5.10 Å². The number of imidazole rings is 2. The van der Waals surface area contributed by atoms with E-state index in [-0.39, 0.29) is 0 Å². The average Bonchev–Trinajstić information content (AvgIpc) is 3.55. The Labute approximate surface area is 181 Å². The molecule has 1 aliphatic rings. The minimum Gasteiger partial charge on any atom is -0.394 e. The topological polar surface area (TPSA) is 156 Å². The average molecular weight is 436 g/mol. The van der Waals surface area contributed by atoms with Crippen LogP contribution in [0, 0.1) is 0 Å². The SMILES string of the molecule is OC[C@H]1O[C@@H](n2cnc3c(N/N=C/c4ccc(-n5ccnc5)cc4)ncnc32)[C@@H](O)C1O. The van der Waals surface area contributed by atoms with Gasteiger partial charge in [-0.3, -0.25) is 9.99 Å². The molecule has 5 rings (SSSR count). The lowest BCUT2D eigenvalue weighted by molar-refractivity contribution is -0.0511. The number of fused-ring (bicyclic) bond motifs is 1. The lowest BCUT2D eigenvalue weighted by Gasteiger charge is -2.16. The van der Waals surface area contributed by atoms with E-state index in [2.05, 4.69) is 30.5 Å². The predicted molar refractivity (Wildman–Crippen MR) is 113 cm³/mol. The van der Waals surface area contributed by atoms with Gasteiger partial charge in [0.1, 0.15) is 24.6 Å². The molecule has 1 aliphatic heterocycles. The molecule has 1 aromatic carbocycles. The van der Waals surface area contributed by atoms with E-state index in [0.717, 1.165) is 11.3 Å². The van der Waals surface area contributed by atoms with Crippen LogP contribution in [0.3, 0.4) is 0 Å². The van der Waals surface area contributed by atoms with Crippen LogP contribution in [0.2, 0.25) is 0 Å². The van der Waals surface area contributed by atoms with Crippen LogP contribution in [0.15, 0.2) is 60.7 Å². The second-order valence-corrected chi connectivity index (χ2v) is 7.21. The molecule has 4 aromatic rings. The number of aliphatic hydroxyl groups is 3. The summed E-state index contributed by atoms with van der Waals surface area (Å²) in [5, 5.41) is 33.8. The molecule has 4 atom stereocenters. The zero-order valence-electron chi connectivity index (χ0n) is 16.7. The maximum absolute atomic E-state index is 10.3. The second kappa shape index (κ2) is 8.43. The number of nitrogens with one attached hydrogen (secondary N) is 1. The van der Waals surface area contributed by atoms with Gasteiger partial charge in [-0.05, 0) is 17.7 Å². The number of benzene rings is 1. The summed E-state index contributed by atoms with van der Waals surface area (Å²) in [6, 6.07) is 7.75. The lowest BCUT2D eigenvalue weighted by Crippen LogP contribution is -2.33. The van der Waals surface area contributed by atoms with Crippen molar-refractivity contribution in [2.45, 2.75) is 24.5 Å². The van der Waals surface area contributed by atoms with Crippen molar-refractivity contribution in [3.63, 3.8) is 0 Å². The van der Waals surface area contributed by atoms with Crippen molar-refractivity contribution in [1.82, 2.24) is 29.1 Å². The summed E-state index contributed by atoms with van der Waals surface area (Å²) in [5.41, 5.74) is 5.52. The Bertz CT molecular complexity index is 1220. The first-order valence-electron chi connectivity index (χ1n) is 9.83. The van der Waals surface area contributed by atoms with Crippen LogP contribution in [0.25, 0.3) is 16.9 Å². The van der Waals surface area contributed by atoms with E-state index in [4.69, 9.17) is 4.74 Å². The number of hydrogen-bond donors (Lipinski definition) is 4. The molecule has 1 unspecified atom stereocenters. The number of nitrogens with zero attached hydrogens (tertiary/aromatic N) is 7. The summed E-state index contributed by atoms with van der Waals surface area (Å²) in [4.78, 5) is 16.7. The van der Waals surface area contributed by atoms with Gasteiger partial charge in [0.15, 0.2) is 23.2 Å². The number of rotatable bonds is 6. The summed E-state index contributed by atoms with van der Waals surface area (Å²) in [7, 11) is 0. The van der Waals surface area contributed by atoms with Gasteiger partial charge in [-0.25, -0.2) is 19.9 Å². The molecule has 0 radical (unpaired) electrons. The Kier molecular flexibility index (Phi) is 5.33. The van der Waals surface area contributed by atoms with E-state index >= 15 is 0 Å². The molecule has 0 saturated carbocycles. The fraction of sp³-hybridized carbons (Fsp3) is 0.250. The zero-order chi connectivity index (χ0) is 22.1. The van der Waals surface area contributed by atoms with E-state index in [1.165, 1.54) is 17.2 Å². The molecule has 0 aliphatic carbocycles. The number of hydrogen-bond acceptors (Lipinski definition) is 10. The molecule has 164 valence electrons. The fourth-order valence-corrected chi connectivity index (χ4v) is 3.54. The monoisotopic (exact) mass is 436 g/mol. The van der Waals surface area contributed by atoms with Crippen molar-refractivity contribution in [3.05, 3.63) is 61.2 Å². The highest BCUT2D eigenvalue weighted by Crippen LogP contribution is 2.32. The van der Waals surface area contributed by atoms with Crippen molar-refractivity contribution in [2.24, 2.45) is 5.10 Å². The maximum Gasteiger partial charge on any atom is 0.177 e. The molecule has 3 aromatic heterocycles. The van der Waals surface area contributed by atoms with Gasteiger partial charge in [-0.15, -0.1) is 0 Å². The Morgan fingerprint density at radius 2 is 1.94 bits per heavy atom. The summed E-state index contributed by atoms with van der Waals surface area (Å²) >= 11 is 0. The van der Waals surface area contributed by atoms with Crippen molar-refractivity contribution >= 4 is 23.2 Å². The summed E-state index contributed by atoms with van der Waals surface area (Å²) in [6.45, 7) is -0.416. The quantitative estimate of drug-likeness (QED) is 0.243. The van der Waals surface area contributed by atoms with E-state index in [0.29, 0.717) is 17.0 Å². The van der Waals surface area contributed by atoms with Crippen LogP contribution in [-0.4, -0.2) is 75.5 Å². The lowest BCUT2D eigenvalue weighted by atomic mass is 10.1. The zero-order valence-corrected chi connectivity index (χ0v) is 16.7. The largest absolute Gasteiger partial charge is 0.394 e. The molecule has 12 heteroatoms. The standard InChI is InChI=1S/C20H20N8O4/c29-8-14-16(30)17(31)20(32-14)28-11-24-15-18(22-9-23-19(15)28)26-25-7-12-1-3-13(4-2-12)27-6-5-21-10-27/h1-7,9-11,14,16-17,20,29-31H,8H2,(H,22,23,26)/b25-7+/t14-,16?,17+,20-/m1/s1. The molecule has 1 fully saturated rings. The molecule has 4 heterocycles. The summed E-state index contributed by atoms with van der Waals surface area (Å²) < 4.78 is 8.95. The number of anilines is 1. The molecule has 1 saturated heterocycles. The summed E-state index contributed by atoms with van der Waals surface area (Å²) in [5.74, 6) is 0.367. The highest BCUT2D eigenvalue weighted by Gasteiger charge is 2.44. The van der Waals surface area contributed by atoms with Crippen LogP contribution in [-0.2, 0) is 4.74 Å². The smallest absolute Gasteiger partial charge is 0.177 e. The van der Waals surface area contributed by atoms with Gasteiger partial charge in [0, 0.05) is 18.1 Å². The van der Waals surface area contributed by atoms with Crippen molar-refractivity contribution < 1.29 is 20.1 Å². The first-order chi connectivity index (χ1) is 15.7. The molecule has 4 N–H and O–H groups in total. The van der Waals surface area contributed by atoms with Gasteiger partial charge in [0.25, 0.3) is 0 Å². The van der Waals surface area contributed by atoms with Gasteiger partial charge in [0.05, 0.1) is 25.5 Å². The van der Waals surface area contributed by atoms with Crippen LogP contribution in [0.5, 0.6) is 0 Å². The minimum absolute atomic E-state index is 0.367. The molecule has 0 amide bonds. The third kappa shape index (κ3) is 3.61. The van der Waals surface area contributed by atoms with Crippen LogP contribution in [0.1, 0.15) is 11.8 Å². The van der Waals surface area contributed by atoms with Crippen LogP contribution >= 0.6 is 0 Å². The number of ether oxygens (including phenoxy) is 1. The normalized spacial score (nSPS) is 23.3. The minimum atomic E-state index is -1.24. The van der Waals surface area contributed by atoms with Crippen LogP contribution in [0.4, 0.5) is 5.82 Å². The van der Waals surface area contributed by atoms with E-state index in [9.17, 15) is 15.3 Å². The van der Waals surface area contributed by atoms with Crippen molar-refractivity contribution in [3.8, 4) is 5.69 Å². The number of hydrazone groups is 1. The van der Waals surface area contributed by atoms with Crippen molar-refractivity contribution in [2.75, 3.05) is 12.0 Å². The number of aromatic nitrogens is 6. The molecule has 0 spiro atoms. The first-order valence-corrected chi connectivity index (χ1v) is 9.83. The third-order valence-electron chi connectivity index (χ3n) is 5.23. The third-order valence-corrected chi connectivity index (χ3v) is 5.23. The van der Waals surface area contributed by atoms with Crippen molar-refractivity contribution in [1.29, 1.82) is 0 Å². The molecular weight excluding hydrogens is 416 g/mol. The van der Waals surface area contributed by atoms with E-state index < -0.39 is 31.1 Å². The van der Waals surface area contributed by atoms with E-state index in [1.807, 2.05) is 35.0 Å². The molecule has 0 bridgehead atoms. The highest BCUT2D eigenvalue weighted by molar-refractivity contribution is 5.84. The molecule has 32 heavy (non-hydrogen) atoms. The molecule has 12 nitrogen and oxygen atoms in total. The highest BCUT2D eigenvalue weighted by atomic mass is 16.6. The van der Waals surface area contributed by atoms with Crippen LogP contribution < -0.4 is 5.43 Å². The second-order valence-electron chi connectivity index (χ2n) is 7.21. The Balaban J connectivity index is 1.33. The van der Waals surface area contributed by atoms with Gasteiger partial charge >= 0.3 is 0 Å². The summed E-state index contributed by atoms with van der Waals surface area (Å²) in [6.07, 6.45) is 5.44.